The van der Waals surface area contributed by atoms with Crippen LogP contribution in [0.2, 0.25) is 0 Å². The molecule has 3 rings (SSSR count). The zero-order valence-corrected chi connectivity index (χ0v) is 13.8. The largest absolute Gasteiger partial charge is 0.368 e. The molecule has 0 spiro atoms. The molecule has 2 unspecified atom stereocenters. The first-order valence-electron chi connectivity index (χ1n) is 7.53. The van der Waals surface area contributed by atoms with Crippen molar-refractivity contribution in [2.45, 2.75) is 24.0 Å². The third-order valence-electron chi connectivity index (χ3n) is 3.93. The van der Waals surface area contributed by atoms with Crippen LogP contribution in [-0.2, 0) is 14.8 Å². The number of nitrogens with zero attached hydrogens (tertiary/aromatic N) is 1. The number of benzene rings is 2. The second-order valence-electron chi connectivity index (χ2n) is 5.74. The Morgan fingerprint density at radius 2 is 1.75 bits per heavy atom. The molecule has 4 nitrogen and oxygen atoms in total. The second kappa shape index (κ2) is 6.58. The summed E-state index contributed by atoms with van der Waals surface area (Å²) >= 11 is 0. The van der Waals surface area contributed by atoms with Gasteiger partial charge in [-0.15, -0.1) is 0 Å². The van der Waals surface area contributed by atoms with Crippen LogP contribution in [-0.4, -0.2) is 31.9 Å². The Kier molecular flexibility index (Phi) is 4.67. The lowest BCUT2D eigenvalue weighted by Crippen LogP contribution is -2.45. The van der Waals surface area contributed by atoms with Crippen LogP contribution >= 0.6 is 0 Å². The maximum Gasteiger partial charge on any atom is 0.243 e. The van der Waals surface area contributed by atoms with E-state index in [-0.39, 0.29) is 24.1 Å². The van der Waals surface area contributed by atoms with Gasteiger partial charge >= 0.3 is 0 Å². The molecule has 1 fully saturated rings. The third kappa shape index (κ3) is 3.33. The van der Waals surface area contributed by atoms with E-state index in [1.165, 1.54) is 4.31 Å². The van der Waals surface area contributed by atoms with Crippen LogP contribution < -0.4 is 0 Å². The number of hydrogen-bond donors (Lipinski definition) is 0. The molecule has 128 valence electrons. The average Bonchev–Trinajstić information content (AvgIpc) is 2.57. The number of ether oxygens (including phenoxy) is 1. The average molecular weight is 353 g/mol. The standard InChI is InChI=1S/C17H17F2NO3S/c1-12-10-20(11-17(23-12)13-5-3-2-4-6-13)24(21,22)14-7-8-15(18)16(19)9-14/h2-9,12,17H,10-11H2,1H3. The van der Waals surface area contributed by atoms with Crippen LogP contribution in [0.4, 0.5) is 8.78 Å². The molecular formula is C17H17F2NO3S. The Morgan fingerprint density at radius 1 is 1.04 bits per heavy atom. The van der Waals surface area contributed by atoms with Gasteiger partial charge in [0.1, 0.15) is 0 Å². The van der Waals surface area contributed by atoms with Crippen molar-refractivity contribution < 1.29 is 21.9 Å². The van der Waals surface area contributed by atoms with Crippen LogP contribution in [0.15, 0.2) is 53.4 Å². The number of sulfonamides is 1. The van der Waals surface area contributed by atoms with E-state index >= 15 is 0 Å². The van der Waals surface area contributed by atoms with Crippen LogP contribution in [0.5, 0.6) is 0 Å². The van der Waals surface area contributed by atoms with Gasteiger partial charge in [0.05, 0.1) is 17.1 Å². The maximum absolute atomic E-state index is 13.4. The lowest BCUT2D eigenvalue weighted by Gasteiger charge is -2.36. The molecule has 0 N–H and O–H groups in total. The van der Waals surface area contributed by atoms with Crippen molar-refractivity contribution in [1.29, 1.82) is 0 Å². The van der Waals surface area contributed by atoms with Crippen molar-refractivity contribution in [2.24, 2.45) is 0 Å². The fraction of sp³-hybridized carbons (Fsp3) is 0.294. The maximum atomic E-state index is 13.4. The molecule has 2 aromatic rings. The molecule has 1 heterocycles. The van der Waals surface area contributed by atoms with E-state index < -0.39 is 27.8 Å². The molecule has 0 aliphatic carbocycles. The van der Waals surface area contributed by atoms with E-state index in [4.69, 9.17) is 4.74 Å². The summed E-state index contributed by atoms with van der Waals surface area (Å²) in [7, 11) is -3.93. The zero-order valence-electron chi connectivity index (χ0n) is 13.0. The van der Waals surface area contributed by atoms with Gasteiger partial charge in [0.25, 0.3) is 0 Å². The summed E-state index contributed by atoms with van der Waals surface area (Å²) in [5.41, 5.74) is 0.870. The third-order valence-corrected chi connectivity index (χ3v) is 5.75. The van der Waals surface area contributed by atoms with E-state index in [2.05, 4.69) is 0 Å². The van der Waals surface area contributed by atoms with E-state index in [1.54, 1.807) is 6.92 Å². The summed E-state index contributed by atoms with van der Waals surface area (Å²) in [5.74, 6) is -2.26. The smallest absolute Gasteiger partial charge is 0.243 e. The quantitative estimate of drug-likeness (QED) is 0.852. The molecule has 0 amide bonds. The predicted octanol–water partition coefficient (Wildman–Crippen LogP) is 3.12. The van der Waals surface area contributed by atoms with Gasteiger partial charge in [-0.1, -0.05) is 30.3 Å². The highest BCUT2D eigenvalue weighted by Crippen LogP contribution is 2.29. The van der Waals surface area contributed by atoms with Gasteiger partial charge in [-0.25, -0.2) is 17.2 Å². The monoisotopic (exact) mass is 353 g/mol. The molecular weight excluding hydrogens is 336 g/mol. The topological polar surface area (TPSA) is 46.6 Å². The van der Waals surface area contributed by atoms with Crippen LogP contribution in [0.1, 0.15) is 18.6 Å². The molecule has 24 heavy (non-hydrogen) atoms. The predicted molar refractivity (Wildman–Crippen MR) is 84.8 cm³/mol. The van der Waals surface area contributed by atoms with Crippen molar-refractivity contribution in [3.05, 3.63) is 65.7 Å². The fourth-order valence-electron chi connectivity index (χ4n) is 2.75. The Bertz CT molecular complexity index is 827. The van der Waals surface area contributed by atoms with Crippen LogP contribution in [0.25, 0.3) is 0 Å². The number of halogens is 2. The van der Waals surface area contributed by atoms with Crippen LogP contribution in [0.3, 0.4) is 0 Å². The first-order valence-corrected chi connectivity index (χ1v) is 8.97. The Morgan fingerprint density at radius 3 is 2.42 bits per heavy atom. The van der Waals surface area contributed by atoms with Gasteiger partial charge in [0, 0.05) is 13.1 Å². The SMILES string of the molecule is CC1CN(S(=O)(=O)c2ccc(F)c(F)c2)CC(c2ccccc2)O1. The van der Waals surface area contributed by atoms with Crippen molar-refractivity contribution in [1.82, 2.24) is 4.31 Å². The highest BCUT2D eigenvalue weighted by Gasteiger charge is 2.34. The lowest BCUT2D eigenvalue weighted by atomic mass is 10.1. The fourth-order valence-corrected chi connectivity index (χ4v) is 4.28. The van der Waals surface area contributed by atoms with Gasteiger partial charge in [0.15, 0.2) is 11.6 Å². The molecule has 0 bridgehead atoms. The first kappa shape index (κ1) is 17.0. The summed E-state index contributed by atoms with van der Waals surface area (Å²) < 4.78 is 59.1. The Hall–Kier alpha value is -1.83. The molecule has 1 aliphatic heterocycles. The molecule has 0 radical (unpaired) electrons. The summed E-state index contributed by atoms with van der Waals surface area (Å²) in [4.78, 5) is -0.262. The molecule has 2 aromatic carbocycles. The minimum atomic E-state index is -3.93. The minimum absolute atomic E-state index is 0.121. The minimum Gasteiger partial charge on any atom is -0.368 e. The molecule has 1 saturated heterocycles. The van der Waals surface area contributed by atoms with Crippen molar-refractivity contribution in [3.8, 4) is 0 Å². The molecule has 1 aliphatic rings. The van der Waals surface area contributed by atoms with E-state index in [1.807, 2.05) is 30.3 Å². The molecule has 2 atom stereocenters. The Balaban J connectivity index is 1.90. The highest BCUT2D eigenvalue weighted by molar-refractivity contribution is 7.89. The summed E-state index contributed by atoms with van der Waals surface area (Å²) in [6.07, 6.45) is -0.723. The molecule has 0 aromatic heterocycles. The van der Waals surface area contributed by atoms with Crippen LogP contribution in [0, 0.1) is 11.6 Å². The number of rotatable bonds is 3. The highest BCUT2D eigenvalue weighted by atomic mass is 32.2. The molecule has 7 heteroatoms. The number of hydrogen-bond acceptors (Lipinski definition) is 3. The van der Waals surface area contributed by atoms with E-state index in [0.29, 0.717) is 6.07 Å². The van der Waals surface area contributed by atoms with Gasteiger partial charge < -0.3 is 4.74 Å². The van der Waals surface area contributed by atoms with E-state index in [9.17, 15) is 17.2 Å². The molecule has 0 saturated carbocycles. The summed E-state index contributed by atoms with van der Waals surface area (Å²) in [6.45, 7) is 2.06. The van der Waals surface area contributed by atoms with Crippen molar-refractivity contribution in [2.75, 3.05) is 13.1 Å². The zero-order chi connectivity index (χ0) is 17.3. The number of morpholine rings is 1. The first-order chi connectivity index (χ1) is 11.4. The second-order valence-corrected chi connectivity index (χ2v) is 7.68. The summed E-state index contributed by atoms with van der Waals surface area (Å²) in [5, 5.41) is 0. The van der Waals surface area contributed by atoms with Crippen molar-refractivity contribution >= 4 is 10.0 Å². The summed E-state index contributed by atoms with van der Waals surface area (Å²) in [6, 6.07) is 11.9. The Labute approximate surface area is 139 Å². The van der Waals surface area contributed by atoms with Gasteiger partial charge in [-0.05, 0) is 30.7 Å². The normalized spacial score (nSPS) is 22.5. The van der Waals surface area contributed by atoms with E-state index in [0.717, 1.165) is 17.7 Å². The lowest BCUT2D eigenvalue weighted by molar-refractivity contribution is -0.0557. The van der Waals surface area contributed by atoms with Gasteiger partial charge in [-0.3, -0.25) is 0 Å². The van der Waals surface area contributed by atoms with Gasteiger partial charge in [-0.2, -0.15) is 4.31 Å². The van der Waals surface area contributed by atoms with Gasteiger partial charge in [0.2, 0.25) is 10.0 Å². The van der Waals surface area contributed by atoms with Crippen molar-refractivity contribution in [3.63, 3.8) is 0 Å².